The van der Waals surface area contributed by atoms with E-state index >= 15 is 0 Å². The van der Waals surface area contributed by atoms with Gasteiger partial charge in [-0.1, -0.05) is 212 Å². The number of carbonyl (C=O) groups excluding carboxylic acids is 3. The van der Waals surface area contributed by atoms with Crippen LogP contribution in [0.2, 0.25) is 0 Å². The second kappa shape index (κ2) is 57.9. The quantitative estimate of drug-likeness (QED) is 0.0262. The monoisotopic (exact) mass is 979 g/mol. The molecule has 0 radical (unpaired) electrons. The number of esters is 3. The van der Waals surface area contributed by atoms with E-state index in [9.17, 15) is 14.4 Å². The first-order chi connectivity index (χ1) is 35.0. The molecule has 0 aromatic heterocycles. The first kappa shape index (κ1) is 66.3. The number of carbonyl (C=O) groups is 3. The summed E-state index contributed by atoms with van der Waals surface area (Å²) in [5, 5.41) is 0. The molecule has 0 aliphatic rings. The van der Waals surface area contributed by atoms with Crippen molar-refractivity contribution >= 4 is 17.9 Å². The van der Waals surface area contributed by atoms with Gasteiger partial charge in [-0.3, -0.25) is 14.4 Å². The van der Waals surface area contributed by atoms with Crippen molar-refractivity contribution in [3.8, 4) is 0 Å². The smallest absolute Gasteiger partial charge is 0.306 e. The van der Waals surface area contributed by atoms with Crippen molar-refractivity contribution in [2.45, 2.75) is 232 Å². The topological polar surface area (TPSA) is 78.9 Å². The molecule has 0 bridgehead atoms. The highest BCUT2D eigenvalue weighted by molar-refractivity contribution is 5.71. The van der Waals surface area contributed by atoms with Crippen LogP contribution in [0.5, 0.6) is 0 Å². The predicted octanol–water partition coefficient (Wildman–Crippen LogP) is 19.2. The van der Waals surface area contributed by atoms with E-state index in [1.807, 2.05) is 0 Å². The van der Waals surface area contributed by atoms with Crippen LogP contribution >= 0.6 is 0 Å². The molecular formula is C65H102O6. The fraction of sp³-hybridized carbons (Fsp3) is 0.585. The van der Waals surface area contributed by atoms with E-state index in [4.69, 9.17) is 14.2 Å². The molecule has 0 saturated carbocycles. The van der Waals surface area contributed by atoms with E-state index in [0.29, 0.717) is 12.8 Å². The van der Waals surface area contributed by atoms with Crippen LogP contribution in [0.1, 0.15) is 226 Å². The Morgan fingerprint density at radius 2 is 0.563 bits per heavy atom. The summed E-state index contributed by atoms with van der Waals surface area (Å²) in [7, 11) is 0. The van der Waals surface area contributed by atoms with Gasteiger partial charge in [-0.15, -0.1) is 0 Å². The Bertz CT molecular complexity index is 1590. The number of ether oxygens (including phenoxy) is 3. The van der Waals surface area contributed by atoms with Gasteiger partial charge >= 0.3 is 17.9 Å². The zero-order valence-corrected chi connectivity index (χ0v) is 45.4. The van der Waals surface area contributed by atoms with Crippen molar-refractivity contribution in [3.63, 3.8) is 0 Å². The van der Waals surface area contributed by atoms with Crippen LogP contribution in [-0.2, 0) is 28.6 Å². The lowest BCUT2D eigenvalue weighted by Gasteiger charge is -2.18. The maximum Gasteiger partial charge on any atom is 0.306 e. The standard InChI is InChI=1S/C65H102O6/c1-4-7-10-13-16-19-22-25-28-31-32-35-37-40-43-46-49-52-55-58-64(67)70-61-62(71-65(68)59-56-53-50-47-44-41-38-34-30-27-24-21-18-15-12-9-6-3)60-69-63(66)57-54-51-48-45-42-39-36-33-29-26-23-20-17-14-11-8-5-2/h9,12,16-21,25-30,32,35-36,38-41,43,45,48,62H,4-8,10-11,13-15,22-24,31,33-34,37,42,44,46-47,49-61H2,1-3H3/b12-9-,19-16-,20-17-,21-18-,28-25-,29-26-,30-27-,35-32-,39-36-,41-38-,43-40-,48-45-/t62-/m0/s1. The summed E-state index contributed by atoms with van der Waals surface area (Å²) in [5.41, 5.74) is 0. The molecule has 0 spiro atoms. The third kappa shape index (κ3) is 56.1. The second-order valence-electron chi connectivity index (χ2n) is 18.1. The molecule has 0 unspecified atom stereocenters. The molecule has 0 fully saturated rings. The van der Waals surface area contributed by atoms with Gasteiger partial charge in [-0.2, -0.15) is 0 Å². The average molecular weight is 980 g/mol. The van der Waals surface area contributed by atoms with Crippen LogP contribution in [0.3, 0.4) is 0 Å². The van der Waals surface area contributed by atoms with Crippen molar-refractivity contribution in [1.29, 1.82) is 0 Å². The molecule has 71 heavy (non-hydrogen) atoms. The number of allylic oxidation sites excluding steroid dienone is 24. The van der Waals surface area contributed by atoms with Gasteiger partial charge in [0.1, 0.15) is 13.2 Å². The molecule has 0 amide bonds. The molecule has 0 rings (SSSR count). The summed E-state index contributed by atoms with van der Waals surface area (Å²) < 4.78 is 16.8. The molecule has 0 aliphatic carbocycles. The summed E-state index contributed by atoms with van der Waals surface area (Å²) in [5.74, 6) is -1.04. The lowest BCUT2D eigenvalue weighted by molar-refractivity contribution is -0.167. The van der Waals surface area contributed by atoms with Crippen molar-refractivity contribution in [1.82, 2.24) is 0 Å². The fourth-order valence-electron chi connectivity index (χ4n) is 7.05. The van der Waals surface area contributed by atoms with Gasteiger partial charge < -0.3 is 14.2 Å². The third-order valence-corrected chi connectivity index (χ3v) is 11.3. The van der Waals surface area contributed by atoms with Gasteiger partial charge in [0, 0.05) is 19.3 Å². The highest BCUT2D eigenvalue weighted by Crippen LogP contribution is 2.11. The summed E-state index contributed by atoms with van der Waals surface area (Å²) in [4.78, 5) is 38.1. The van der Waals surface area contributed by atoms with E-state index < -0.39 is 6.10 Å². The lowest BCUT2D eigenvalue weighted by Crippen LogP contribution is -2.30. The van der Waals surface area contributed by atoms with Gasteiger partial charge in [0.15, 0.2) is 6.10 Å². The number of rotatable bonds is 49. The zero-order valence-electron chi connectivity index (χ0n) is 45.4. The second-order valence-corrected chi connectivity index (χ2v) is 18.1. The van der Waals surface area contributed by atoms with Gasteiger partial charge in [0.2, 0.25) is 0 Å². The van der Waals surface area contributed by atoms with Gasteiger partial charge in [0.25, 0.3) is 0 Å². The number of unbranched alkanes of at least 4 members (excludes halogenated alkanes) is 14. The summed E-state index contributed by atoms with van der Waals surface area (Å²) in [6, 6.07) is 0. The fourth-order valence-corrected chi connectivity index (χ4v) is 7.05. The minimum Gasteiger partial charge on any atom is -0.462 e. The molecule has 6 nitrogen and oxygen atoms in total. The van der Waals surface area contributed by atoms with Gasteiger partial charge in [-0.25, -0.2) is 0 Å². The molecule has 0 saturated heterocycles. The summed E-state index contributed by atoms with van der Waals surface area (Å²) >= 11 is 0. The van der Waals surface area contributed by atoms with Crippen LogP contribution in [0, 0.1) is 0 Å². The molecule has 398 valence electrons. The molecular weight excluding hydrogens is 877 g/mol. The average Bonchev–Trinajstić information content (AvgIpc) is 3.37. The Labute approximate surface area is 436 Å². The maximum absolute atomic E-state index is 12.8. The van der Waals surface area contributed by atoms with Crippen molar-refractivity contribution in [2.24, 2.45) is 0 Å². The lowest BCUT2D eigenvalue weighted by atomic mass is 10.1. The minimum atomic E-state index is -0.834. The summed E-state index contributed by atoms with van der Waals surface area (Å²) in [6.07, 6.45) is 82.6. The first-order valence-electron chi connectivity index (χ1n) is 28.3. The van der Waals surface area contributed by atoms with Crippen LogP contribution in [0.4, 0.5) is 0 Å². The molecule has 0 aromatic carbocycles. The van der Waals surface area contributed by atoms with Crippen LogP contribution < -0.4 is 0 Å². The highest BCUT2D eigenvalue weighted by Gasteiger charge is 2.19. The largest absolute Gasteiger partial charge is 0.462 e. The Morgan fingerprint density at radius 1 is 0.296 bits per heavy atom. The minimum absolute atomic E-state index is 0.128. The van der Waals surface area contributed by atoms with Gasteiger partial charge in [0.05, 0.1) is 0 Å². The Kier molecular flexibility index (Phi) is 54.0. The van der Waals surface area contributed by atoms with E-state index in [2.05, 4.69) is 167 Å². The maximum atomic E-state index is 12.8. The van der Waals surface area contributed by atoms with Crippen LogP contribution in [0.25, 0.3) is 0 Å². The van der Waals surface area contributed by atoms with Crippen molar-refractivity contribution < 1.29 is 28.6 Å². The Hall–Kier alpha value is -4.71. The Balaban J connectivity index is 4.61. The van der Waals surface area contributed by atoms with Crippen molar-refractivity contribution in [2.75, 3.05) is 13.2 Å². The number of hydrogen-bond acceptors (Lipinski definition) is 6. The Morgan fingerprint density at radius 3 is 0.915 bits per heavy atom. The molecule has 0 heterocycles. The SMILES string of the molecule is CC/C=C\C/C=C\C/C=C\C/C=C\CCCCCCC(=O)O[C@@H](COC(=O)CCC/C=C\C/C=C\C/C=C\C/C=C\CCCCC)COC(=O)CCCCC/C=C\C/C=C\C/C=C\C/C=C\CCCCC. The number of hydrogen-bond donors (Lipinski definition) is 0. The van der Waals surface area contributed by atoms with Crippen molar-refractivity contribution in [3.05, 3.63) is 146 Å². The van der Waals surface area contributed by atoms with E-state index in [1.165, 1.54) is 51.4 Å². The highest BCUT2D eigenvalue weighted by atomic mass is 16.6. The van der Waals surface area contributed by atoms with Gasteiger partial charge in [-0.05, 0) is 141 Å². The first-order valence-corrected chi connectivity index (χ1v) is 28.3. The molecule has 1 atom stereocenters. The van der Waals surface area contributed by atoms with Crippen LogP contribution in [-0.4, -0.2) is 37.2 Å². The molecule has 0 aliphatic heterocycles. The molecule has 6 heteroatoms. The van der Waals surface area contributed by atoms with E-state index in [1.54, 1.807) is 0 Å². The van der Waals surface area contributed by atoms with Crippen LogP contribution in [0.15, 0.2) is 146 Å². The predicted molar refractivity (Wildman–Crippen MR) is 306 cm³/mol. The van der Waals surface area contributed by atoms with E-state index in [-0.39, 0.29) is 44.0 Å². The molecule has 0 aromatic rings. The van der Waals surface area contributed by atoms with E-state index in [0.717, 1.165) is 128 Å². The third-order valence-electron chi connectivity index (χ3n) is 11.3. The summed E-state index contributed by atoms with van der Waals surface area (Å²) in [6.45, 7) is 6.36. The zero-order chi connectivity index (χ0) is 51.4. The molecule has 0 N–H and O–H groups in total. The normalized spacial score (nSPS) is 13.2.